The molecule has 0 aliphatic heterocycles. The largest absolute Gasteiger partial charge is 0.355 e. The van der Waals surface area contributed by atoms with Crippen LogP contribution in [0.2, 0.25) is 0 Å². The maximum Gasteiger partial charge on any atom is 0.0992 e. The van der Waals surface area contributed by atoms with Crippen LogP contribution in [0.25, 0.3) is 0 Å². The Kier molecular flexibility index (Phi) is 3.85. The molecule has 0 aliphatic rings. The van der Waals surface area contributed by atoms with Crippen LogP contribution in [0, 0.1) is 29.6 Å². The third-order valence-corrected chi connectivity index (χ3v) is 3.13. The van der Waals surface area contributed by atoms with Crippen molar-refractivity contribution in [2.24, 2.45) is 0 Å². The molecule has 2 rings (SSSR count). The lowest BCUT2D eigenvalue weighted by molar-refractivity contribution is 1.39. The SMILES string of the molecule is Cc1ccc(C#N)cc1Nc1cc(Br)cc(C#N)c1. The van der Waals surface area contributed by atoms with Gasteiger partial charge in [0, 0.05) is 15.8 Å². The quantitative estimate of drug-likeness (QED) is 0.902. The Morgan fingerprint density at radius 1 is 1.00 bits per heavy atom. The highest BCUT2D eigenvalue weighted by Gasteiger charge is 2.03. The Morgan fingerprint density at radius 2 is 1.74 bits per heavy atom. The van der Waals surface area contributed by atoms with Crippen molar-refractivity contribution < 1.29 is 0 Å². The Labute approximate surface area is 120 Å². The number of hydrogen-bond acceptors (Lipinski definition) is 3. The number of halogens is 1. The minimum atomic E-state index is 0.575. The van der Waals surface area contributed by atoms with Crippen molar-refractivity contribution in [3.8, 4) is 12.1 Å². The van der Waals surface area contributed by atoms with Crippen LogP contribution in [0.1, 0.15) is 16.7 Å². The van der Waals surface area contributed by atoms with E-state index < -0.39 is 0 Å². The van der Waals surface area contributed by atoms with Gasteiger partial charge in [-0.05, 0) is 42.8 Å². The van der Waals surface area contributed by atoms with Gasteiger partial charge in [-0.1, -0.05) is 22.0 Å². The fourth-order valence-electron chi connectivity index (χ4n) is 1.71. The molecule has 0 fully saturated rings. The Morgan fingerprint density at radius 3 is 2.42 bits per heavy atom. The van der Waals surface area contributed by atoms with Gasteiger partial charge in [0.25, 0.3) is 0 Å². The van der Waals surface area contributed by atoms with Crippen LogP contribution in [-0.2, 0) is 0 Å². The minimum absolute atomic E-state index is 0.575. The van der Waals surface area contributed by atoms with Gasteiger partial charge in [0.2, 0.25) is 0 Å². The highest BCUT2D eigenvalue weighted by Crippen LogP contribution is 2.25. The standard InChI is InChI=1S/C15H10BrN3/c1-10-2-3-11(8-17)6-15(10)19-14-5-12(9-18)4-13(16)7-14/h2-7,19H,1H3. The lowest BCUT2D eigenvalue weighted by Crippen LogP contribution is -1.94. The summed E-state index contributed by atoms with van der Waals surface area (Å²) in [6.07, 6.45) is 0. The molecule has 0 saturated heterocycles. The number of rotatable bonds is 2. The first kappa shape index (κ1) is 13.1. The maximum absolute atomic E-state index is 8.95. The van der Waals surface area contributed by atoms with Gasteiger partial charge in [0.05, 0.1) is 23.3 Å². The lowest BCUT2D eigenvalue weighted by Gasteiger charge is -2.10. The molecule has 0 atom stereocenters. The van der Waals surface area contributed by atoms with Gasteiger partial charge >= 0.3 is 0 Å². The van der Waals surface area contributed by atoms with E-state index in [4.69, 9.17) is 10.5 Å². The second-order valence-corrected chi connectivity index (χ2v) is 5.02. The predicted molar refractivity (Wildman–Crippen MR) is 78.0 cm³/mol. The number of nitriles is 2. The zero-order valence-corrected chi connectivity index (χ0v) is 11.8. The molecule has 0 unspecified atom stereocenters. The van der Waals surface area contributed by atoms with E-state index in [1.54, 1.807) is 24.3 Å². The molecule has 0 bridgehead atoms. The first-order valence-electron chi connectivity index (χ1n) is 5.61. The molecule has 3 nitrogen and oxygen atoms in total. The predicted octanol–water partition coefficient (Wildman–Crippen LogP) is 4.24. The van der Waals surface area contributed by atoms with Crippen molar-refractivity contribution in [3.63, 3.8) is 0 Å². The second-order valence-electron chi connectivity index (χ2n) is 4.11. The topological polar surface area (TPSA) is 59.6 Å². The summed E-state index contributed by atoms with van der Waals surface area (Å²) >= 11 is 3.37. The van der Waals surface area contributed by atoms with E-state index in [-0.39, 0.29) is 0 Å². The molecule has 0 aliphatic carbocycles. The zero-order valence-electron chi connectivity index (χ0n) is 10.2. The van der Waals surface area contributed by atoms with Crippen molar-refractivity contribution in [1.29, 1.82) is 10.5 Å². The lowest BCUT2D eigenvalue weighted by atomic mass is 10.1. The number of aryl methyl sites for hydroxylation is 1. The molecule has 0 amide bonds. The summed E-state index contributed by atoms with van der Waals surface area (Å²) in [5.41, 5.74) is 3.89. The van der Waals surface area contributed by atoms with Crippen LogP contribution in [0.5, 0.6) is 0 Å². The molecule has 92 valence electrons. The van der Waals surface area contributed by atoms with E-state index in [1.807, 2.05) is 19.1 Å². The van der Waals surface area contributed by atoms with Crippen molar-refractivity contribution in [2.75, 3.05) is 5.32 Å². The first-order valence-corrected chi connectivity index (χ1v) is 6.40. The first-order chi connectivity index (χ1) is 9.12. The van der Waals surface area contributed by atoms with E-state index in [2.05, 4.69) is 33.4 Å². The second kappa shape index (κ2) is 5.56. The monoisotopic (exact) mass is 311 g/mol. The summed E-state index contributed by atoms with van der Waals surface area (Å²) in [5.74, 6) is 0. The molecule has 0 spiro atoms. The minimum Gasteiger partial charge on any atom is -0.355 e. The maximum atomic E-state index is 8.95. The van der Waals surface area contributed by atoms with Crippen LogP contribution in [-0.4, -0.2) is 0 Å². The number of nitrogens with zero attached hydrogens (tertiary/aromatic N) is 2. The highest BCUT2D eigenvalue weighted by atomic mass is 79.9. The smallest absolute Gasteiger partial charge is 0.0992 e. The summed E-state index contributed by atoms with van der Waals surface area (Å²) in [6.45, 7) is 1.96. The van der Waals surface area contributed by atoms with E-state index in [0.29, 0.717) is 11.1 Å². The van der Waals surface area contributed by atoms with Gasteiger partial charge in [-0.2, -0.15) is 10.5 Å². The summed E-state index contributed by atoms with van der Waals surface area (Å²) in [4.78, 5) is 0. The number of anilines is 2. The molecular weight excluding hydrogens is 302 g/mol. The van der Waals surface area contributed by atoms with Crippen LogP contribution < -0.4 is 5.32 Å². The molecule has 1 N–H and O–H groups in total. The summed E-state index contributed by atoms with van der Waals surface area (Å²) in [6, 6.07) is 15.1. The average molecular weight is 312 g/mol. The highest BCUT2D eigenvalue weighted by molar-refractivity contribution is 9.10. The zero-order chi connectivity index (χ0) is 13.8. The number of hydrogen-bond donors (Lipinski definition) is 1. The molecule has 0 aromatic heterocycles. The third-order valence-electron chi connectivity index (χ3n) is 2.67. The Bertz CT molecular complexity index is 708. The normalized spacial score (nSPS) is 9.47. The van der Waals surface area contributed by atoms with Crippen molar-refractivity contribution in [1.82, 2.24) is 0 Å². The summed E-state index contributed by atoms with van der Waals surface area (Å²) in [7, 11) is 0. The van der Waals surface area contributed by atoms with Gasteiger partial charge in [-0.15, -0.1) is 0 Å². The molecule has 0 heterocycles. The molecular formula is C15H10BrN3. The van der Waals surface area contributed by atoms with E-state index in [1.165, 1.54) is 0 Å². The average Bonchev–Trinajstić information content (AvgIpc) is 2.40. The van der Waals surface area contributed by atoms with Crippen molar-refractivity contribution >= 4 is 27.3 Å². The van der Waals surface area contributed by atoms with Gasteiger partial charge in [0.1, 0.15) is 0 Å². The van der Waals surface area contributed by atoms with Crippen LogP contribution >= 0.6 is 15.9 Å². The van der Waals surface area contributed by atoms with Crippen LogP contribution in [0.15, 0.2) is 40.9 Å². The van der Waals surface area contributed by atoms with Crippen molar-refractivity contribution in [2.45, 2.75) is 6.92 Å². The third kappa shape index (κ3) is 3.13. The molecule has 2 aromatic carbocycles. The molecule has 19 heavy (non-hydrogen) atoms. The number of benzene rings is 2. The summed E-state index contributed by atoms with van der Waals surface area (Å²) < 4.78 is 0.836. The van der Waals surface area contributed by atoms with E-state index in [9.17, 15) is 0 Å². The Balaban J connectivity index is 2.39. The van der Waals surface area contributed by atoms with Crippen LogP contribution in [0.4, 0.5) is 11.4 Å². The summed E-state index contributed by atoms with van der Waals surface area (Å²) in [5, 5.41) is 21.1. The van der Waals surface area contributed by atoms with Gasteiger partial charge in [-0.25, -0.2) is 0 Å². The van der Waals surface area contributed by atoms with Gasteiger partial charge in [0.15, 0.2) is 0 Å². The molecule has 2 aromatic rings. The fourth-order valence-corrected chi connectivity index (χ4v) is 2.20. The van der Waals surface area contributed by atoms with Gasteiger partial charge in [-0.3, -0.25) is 0 Å². The Hall–Kier alpha value is -2.30. The van der Waals surface area contributed by atoms with Crippen molar-refractivity contribution in [3.05, 3.63) is 57.6 Å². The molecule has 0 radical (unpaired) electrons. The van der Waals surface area contributed by atoms with E-state index >= 15 is 0 Å². The fraction of sp³-hybridized carbons (Fsp3) is 0.0667. The van der Waals surface area contributed by atoms with Crippen LogP contribution in [0.3, 0.4) is 0 Å². The van der Waals surface area contributed by atoms with E-state index in [0.717, 1.165) is 21.4 Å². The van der Waals surface area contributed by atoms with Gasteiger partial charge < -0.3 is 5.32 Å². The number of nitrogens with one attached hydrogen (secondary N) is 1. The molecule has 4 heteroatoms. The molecule has 0 saturated carbocycles.